The highest BCUT2D eigenvalue weighted by Gasteiger charge is 2.36. The highest BCUT2D eigenvalue weighted by molar-refractivity contribution is 7.91. The molecular weight excluding hydrogens is 352 g/mol. The smallest absolute Gasteiger partial charge is 0.257 e. The Balaban J connectivity index is 1.44. The molecule has 4 rings (SSSR count). The third-order valence-corrected chi connectivity index (χ3v) is 7.85. The number of carbonyl (C=O) groups excluding carboxylic acids is 1. The zero-order valence-corrected chi connectivity index (χ0v) is 16.2. The van der Waals surface area contributed by atoms with E-state index in [1.807, 2.05) is 30.0 Å². The maximum absolute atomic E-state index is 13.0. The Bertz CT molecular complexity index is 815. The summed E-state index contributed by atoms with van der Waals surface area (Å²) in [4.78, 5) is 17.1. The lowest BCUT2D eigenvalue weighted by molar-refractivity contribution is 0.0583. The lowest BCUT2D eigenvalue weighted by Crippen LogP contribution is -2.52. The van der Waals surface area contributed by atoms with Crippen molar-refractivity contribution in [1.82, 2.24) is 9.80 Å². The third kappa shape index (κ3) is 3.11. The van der Waals surface area contributed by atoms with E-state index in [1.54, 1.807) is 0 Å². The number of nitrogens with zero attached hydrogens (tertiary/aromatic N) is 2. The lowest BCUT2D eigenvalue weighted by atomic mass is 9.96. The molecule has 142 valence electrons. The number of hydrogen-bond acceptors (Lipinski definition) is 5. The van der Waals surface area contributed by atoms with E-state index in [0.29, 0.717) is 36.7 Å². The Hall–Kier alpha value is -1.60. The molecule has 1 amide bonds. The van der Waals surface area contributed by atoms with Crippen LogP contribution in [0.4, 0.5) is 0 Å². The summed E-state index contributed by atoms with van der Waals surface area (Å²) in [6, 6.07) is 5.94. The van der Waals surface area contributed by atoms with Crippen molar-refractivity contribution in [1.29, 1.82) is 0 Å². The third-order valence-electron chi connectivity index (χ3n) is 6.10. The Morgan fingerprint density at radius 3 is 2.54 bits per heavy atom. The van der Waals surface area contributed by atoms with Crippen molar-refractivity contribution in [2.24, 2.45) is 0 Å². The van der Waals surface area contributed by atoms with E-state index < -0.39 is 9.84 Å². The molecule has 26 heavy (non-hydrogen) atoms. The second-order valence-corrected chi connectivity index (χ2v) is 9.95. The van der Waals surface area contributed by atoms with Crippen molar-refractivity contribution in [2.45, 2.75) is 38.3 Å². The average Bonchev–Trinajstić information content (AvgIpc) is 3.14. The van der Waals surface area contributed by atoms with Crippen LogP contribution in [0, 0.1) is 0 Å². The average molecular weight is 378 g/mol. The molecule has 7 heteroatoms. The number of para-hydroxylation sites is 1. The van der Waals surface area contributed by atoms with Crippen LogP contribution in [-0.2, 0) is 9.84 Å². The minimum atomic E-state index is -2.87. The molecule has 6 nitrogen and oxygen atoms in total. The van der Waals surface area contributed by atoms with Gasteiger partial charge in [0.15, 0.2) is 9.84 Å². The van der Waals surface area contributed by atoms with Crippen LogP contribution >= 0.6 is 0 Å². The lowest BCUT2D eigenvalue weighted by Gasteiger charge is -2.37. The number of sulfone groups is 1. The van der Waals surface area contributed by atoms with Gasteiger partial charge in [0, 0.05) is 43.7 Å². The molecule has 1 aromatic rings. The molecule has 0 aromatic heterocycles. The van der Waals surface area contributed by atoms with Crippen molar-refractivity contribution in [3.63, 3.8) is 0 Å². The second-order valence-electron chi connectivity index (χ2n) is 7.72. The SMILES string of the molecule is C[C@@H]1Oc2c(C(=O)N3CCN([C@@H]4CCS(=O)(=O)C4)CC3)cccc2[C@@H]1C. The topological polar surface area (TPSA) is 66.9 Å². The Morgan fingerprint density at radius 1 is 1.15 bits per heavy atom. The largest absolute Gasteiger partial charge is 0.489 e. The number of benzene rings is 1. The predicted octanol–water partition coefficient (Wildman–Crippen LogP) is 1.52. The predicted molar refractivity (Wildman–Crippen MR) is 99.5 cm³/mol. The van der Waals surface area contributed by atoms with E-state index in [1.165, 1.54) is 0 Å². The van der Waals surface area contributed by atoms with Gasteiger partial charge < -0.3 is 9.64 Å². The van der Waals surface area contributed by atoms with Crippen LogP contribution in [0.15, 0.2) is 18.2 Å². The summed E-state index contributed by atoms with van der Waals surface area (Å²) in [5.41, 5.74) is 1.76. The van der Waals surface area contributed by atoms with Crippen molar-refractivity contribution < 1.29 is 17.9 Å². The summed E-state index contributed by atoms with van der Waals surface area (Å²) in [5.74, 6) is 1.60. The van der Waals surface area contributed by atoms with E-state index in [4.69, 9.17) is 4.74 Å². The molecule has 3 aliphatic rings. The first kappa shape index (κ1) is 17.8. The van der Waals surface area contributed by atoms with Gasteiger partial charge in [-0.05, 0) is 19.4 Å². The molecule has 2 fully saturated rings. The molecule has 0 spiro atoms. The summed E-state index contributed by atoms with van der Waals surface area (Å²) in [6.07, 6.45) is 0.798. The summed E-state index contributed by atoms with van der Waals surface area (Å²) in [6.45, 7) is 6.88. The van der Waals surface area contributed by atoms with Crippen LogP contribution in [-0.4, -0.2) is 74.0 Å². The molecule has 1 aromatic carbocycles. The van der Waals surface area contributed by atoms with Crippen LogP contribution in [0.3, 0.4) is 0 Å². The van der Waals surface area contributed by atoms with Gasteiger partial charge in [0.1, 0.15) is 11.9 Å². The van der Waals surface area contributed by atoms with Gasteiger partial charge in [0.05, 0.1) is 17.1 Å². The molecule has 2 saturated heterocycles. The first-order valence-electron chi connectivity index (χ1n) is 9.39. The number of carbonyl (C=O) groups is 1. The first-order valence-corrected chi connectivity index (χ1v) is 11.2. The number of piperazine rings is 1. The Morgan fingerprint density at radius 2 is 1.88 bits per heavy atom. The molecule has 3 atom stereocenters. The van der Waals surface area contributed by atoms with Crippen LogP contribution in [0.5, 0.6) is 5.75 Å². The molecule has 0 N–H and O–H groups in total. The molecule has 3 heterocycles. The molecule has 0 radical (unpaired) electrons. The number of rotatable bonds is 2. The van der Waals surface area contributed by atoms with E-state index in [2.05, 4.69) is 11.8 Å². The highest BCUT2D eigenvalue weighted by Crippen LogP contribution is 2.40. The Kier molecular flexibility index (Phi) is 4.47. The van der Waals surface area contributed by atoms with Gasteiger partial charge in [-0.2, -0.15) is 0 Å². The summed E-state index contributed by atoms with van der Waals surface area (Å²) >= 11 is 0. The molecular formula is C19H26N2O4S. The van der Waals surface area contributed by atoms with Crippen molar-refractivity contribution in [3.05, 3.63) is 29.3 Å². The fourth-order valence-electron chi connectivity index (χ4n) is 4.28. The highest BCUT2D eigenvalue weighted by atomic mass is 32.2. The zero-order chi connectivity index (χ0) is 18.5. The maximum Gasteiger partial charge on any atom is 0.257 e. The van der Waals surface area contributed by atoms with Gasteiger partial charge in [-0.1, -0.05) is 19.1 Å². The monoisotopic (exact) mass is 378 g/mol. The summed E-state index contributed by atoms with van der Waals surface area (Å²) in [7, 11) is -2.87. The number of hydrogen-bond donors (Lipinski definition) is 0. The molecule has 0 aliphatic carbocycles. The minimum Gasteiger partial charge on any atom is -0.489 e. The van der Waals surface area contributed by atoms with E-state index >= 15 is 0 Å². The number of amides is 1. The minimum absolute atomic E-state index is 0.0156. The standard InChI is InChI=1S/C19H26N2O4S/c1-13-14(2)25-18-16(13)4-3-5-17(18)19(22)21-9-7-20(8-10-21)15-6-11-26(23,24)12-15/h3-5,13-15H,6-12H2,1-2H3/t13-,14+,15-/m1/s1. The van der Waals surface area contributed by atoms with Gasteiger partial charge in [-0.25, -0.2) is 8.42 Å². The molecule has 3 aliphatic heterocycles. The fourth-order valence-corrected chi connectivity index (χ4v) is 6.04. The zero-order valence-electron chi connectivity index (χ0n) is 15.3. The maximum atomic E-state index is 13.0. The summed E-state index contributed by atoms with van der Waals surface area (Å²) in [5, 5.41) is 0. The van der Waals surface area contributed by atoms with Gasteiger partial charge in [0.25, 0.3) is 5.91 Å². The quantitative estimate of drug-likeness (QED) is 0.781. The van der Waals surface area contributed by atoms with E-state index in [9.17, 15) is 13.2 Å². The Labute approximate surface area is 155 Å². The fraction of sp³-hybridized carbons (Fsp3) is 0.632. The van der Waals surface area contributed by atoms with E-state index in [-0.39, 0.29) is 23.8 Å². The van der Waals surface area contributed by atoms with Gasteiger partial charge >= 0.3 is 0 Å². The first-order chi connectivity index (χ1) is 12.4. The van der Waals surface area contributed by atoms with E-state index in [0.717, 1.165) is 24.4 Å². The molecule has 0 saturated carbocycles. The van der Waals surface area contributed by atoms with Crippen LogP contribution in [0.1, 0.15) is 42.1 Å². The van der Waals surface area contributed by atoms with Gasteiger partial charge in [-0.15, -0.1) is 0 Å². The van der Waals surface area contributed by atoms with Crippen molar-refractivity contribution in [3.8, 4) is 5.75 Å². The summed E-state index contributed by atoms with van der Waals surface area (Å²) < 4.78 is 29.4. The number of fused-ring (bicyclic) bond motifs is 1. The van der Waals surface area contributed by atoms with Gasteiger partial charge in [-0.3, -0.25) is 9.69 Å². The van der Waals surface area contributed by atoms with Crippen molar-refractivity contribution >= 4 is 15.7 Å². The van der Waals surface area contributed by atoms with Gasteiger partial charge in [0.2, 0.25) is 0 Å². The normalized spacial score (nSPS) is 30.8. The molecule has 0 bridgehead atoms. The van der Waals surface area contributed by atoms with Crippen LogP contribution in [0.25, 0.3) is 0 Å². The second kappa shape index (κ2) is 6.53. The van der Waals surface area contributed by atoms with Crippen LogP contribution < -0.4 is 4.74 Å². The van der Waals surface area contributed by atoms with Crippen LogP contribution in [0.2, 0.25) is 0 Å². The van der Waals surface area contributed by atoms with Crippen molar-refractivity contribution in [2.75, 3.05) is 37.7 Å². The molecule has 0 unspecified atom stereocenters. The number of ether oxygens (including phenoxy) is 1.